The molecule has 2 unspecified atom stereocenters. The lowest BCUT2D eigenvalue weighted by Gasteiger charge is -2.32. The number of sulfonamides is 1. The van der Waals surface area contributed by atoms with Gasteiger partial charge in [-0.3, -0.25) is 13.8 Å². The average molecular weight is 636 g/mol. The van der Waals surface area contributed by atoms with E-state index in [1.807, 2.05) is 36.4 Å². The maximum Gasteiger partial charge on any atom is 0.246 e. The topological polar surface area (TPSA) is 108 Å². The number of carbonyl (C=O) groups excluding carboxylic acids is 1. The van der Waals surface area contributed by atoms with E-state index >= 15 is 0 Å². The minimum absolute atomic E-state index is 0.0125. The molecule has 1 fully saturated rings. The molecule has 0 bridgehead atoms. The van der Waals surface area contributed by atoms with Crippen LogP contribution in [-0.2, 0) is 25.7 Å². The van der Waals surface area contributed by atoms with Crippen molar-refractivity contribution in [2.45, 2.75) is 15.9 Å². The van der Waals surface area contributed by atoms with E-state index in [-0.39, 0.29) is 47.3 Å². The molecule has 0 N–H and O–H groups in total. The van der Waals surface area contributed by atoms with E-state index in [4.69, 9.17) is 21.1 Å². The molecule has 0 saturated carbocycles. The number of rotatable bonds is 9. The molecular formula is C31H26ClN3O6S2. The van der Waals surface area contributed by atoms with Gasteiger partial charge in [0.25, 0.3) is 0 Å². The van der Waals surface area contributed by atoms with Crippen LogP contribution in [0.4, 0.5) is 0 Å². The highest BCUT2D eigenvalue weighted by atomic mass is 35.5. The Morgan fingerprint density at radius 2 is 1.74 bits per heavy atom. The van der Waals surface area contributed by atoms with Crippen LogP contribution >= 0.6 is 11.6 Å². The lowest BCUT2D eigenvalue weighted by Crippen LogP contribution is -2.47. The second kappa shape index (κ2) is 12.4. The number of pyridine rings is 1. The van der Waals surface area contributed by atoms with E-state index in [0.717, 1.165) is 11.1 Å². The number of nitrogens with zero attached hydrogens (tertiary/aromatic N) is 3. The summed E-state index contributed by atoms with van der Waals surface area (Å²) in [5, 5.41) is 0.491. The van der Waals surface area contributed by atoms with Gasteiger partial charge in [-0.1, -0.05) is 60.1 Å². The molecule has 0 amide bonds. The molecule has 1 saturated heterocycles. The maximum atomic E-state index is 14.2. The molecule has 3 heterocycles. The molecule has 2 atom stereocenters. The molecular weight excluding hydrogens is 610 g/mol. The first-order valence-electron chi connectivity index (χ1n) is 13.4. The van der Waals surface area contributed by atoms with Crippen LogP contribution in [-0.4, -0.2) is 64.6 Å². The summed E-state index contributed by atoms with van der Waals surface area (Å²) in [6.45, 7) is 0.262. The minimum Gasteiger partial charge on any atom is -0.489 e. The van der Waals surface area contributed by atoms with Crippen molar-refractivity contribution in [2.24, 2.45) is 0 Å². The van der Waals surface area contributed by atoms with Crippen LogP contribution in [0.2, 0.25) is 5.02 Å². The van der Waals surface area contributed by atoms with Crippen LogP contribution in [0.25, 0.3) is 22.0 Å². The van der Waals surface area contributed by atoms with Gasteiger partial charge in [-0.25, -0.2) is 12.6 Å². The normalized spacial score (nSPS) is 16.6. The zero-order valence-electron chi connectivity index (χ0n) is 22.7. The van der Waals surface area contributed by atoms with Crippen molar-refractivity contribution in [3.8, 4) is 16.9 Å². The summed E-state index contributed by atoms with van der Waals surface area (Å²) in [6.07, 6.45) is 3.17. The Balaban J connectivity index is 1.29. The Hall–Kier alpha value is -3.87. The van der Waals surface area contributed by atoms with Gasteiger partial charge in [-0.05, 0) is 42.0 Å². The van der Waals surface area contributed by atoms with Gasteiger partial charge in [0.2, 0.25) is 10.0 Å². The number of hydrogen-bond acceptors (Lipinski definition) is 7. The Labute approximate surface area is 256 Å². The van der Waals surface area contributed by atoms with Crippen molar-refractivity contribution >= 4 is 49.8 Å². The molecule has 1 aliphatic heterocycles. The SMILES string of the molecule is O=Cc1c(S(=O)(=O)N2CCOC(COc3cncc(-c4ccccc4)c3)C2)c2cc(Cl)ccc2n1S(=O)c1ccccc1. The highest BCUT2D eigenvalue weighted by Crippen LogP contribution is 2.35. The molecule has 1 aliphatic rings. The summed E-state index contributed by atoms with van der Waals surface area (Å²) in [7, 11) is -6.16. The summed E-state index contributed by atoms with van der Waals surface area (Å²) < 4.78 is 56.4. The van der Waals surface area contributed by atoms with E-state index in [1.54, 1.807) is 54.9 Å². The second-order valence-corrected chi connectivity index (χ2v) is 13.4. The van der Waals surface area contributed by atoms with Crippen molar-refractivity contribution in [1.82, 2.24) is 13.3 Å². The third kappa shape index (κ3) is 5.86. The molecule has 2 aromatic heterocycles. The molecule has 43 heavy (non-hydrogen) atoms. The van der Waals surface area contributed by atoms with Gasteiger partial charge in [-0.2, -0.15) is 4.31 Å². The number of benzene rings is 3. The van der Waals surface area contributed by atoms with Crippen LogP contribution in [0.5, 0.6) is 5.75 Å². The molecule has 5 aromatic rings. The lowest BCUT2D eigenvalue weighted by atomic mass is 10.1. The van der Waals surface area contributed by atoms with E-state index in [9.17, 15) is 17.4 Å². The number of morpholine rings is 1. The largest absolute Gasteiger partial charge is 0.489 e. The van der Waals surface area contributed by atoms with Crippen LogP contribution in [0, 0.1) is 0 Å². The van der Waals surface area contributed by atoms with E-state index in [2.05, 4.69) is 4.98 Å². The Morgan fingerprint density at radius 3 is 2.49 bits per heavy atom. The summed E-state index contributed by atoms with van der Waals surface area (Å²) in [5.74, 6) is 0.522. The number of carbonyl (C=O) groups is 1. The number of aldehydes is 1. The minimum atomic E-state index is -4.26. The smallest absolute Gasteiger partial charge is 0.246 e. The van der Waals surface area contributed by atoms with Gasteiger partial charge < -0.3 is 9.47 Å². The quantitative estimate of drug-likeness (QED) is 0.205. The molecule has 220 valence electrons. The monoisotopic (exact) mass is 635 g/mol. The van der Waals surface area contributed by atoms with Crippen molar-refractivity contribution < 1.29 is 26.9 Å². The van der Waals surface area contributed by atoms with Crippen LogP contribution in [0.3, 0.4) is 0 Å². The van der Waals surface area contributed by atoms with Crippen molar-refractivity contribution in [1.29, 1.82) is 0 Å². The van der Waals surface area contributed by atoms with Gasteiger partial charge >= 0.3 is 0 Å². The Bertz CT molecular complexity index is 1920. The van der Waals surface area contributed by atoms with Gasteiger partial charge in [0.05, 0.1) is 23.2 Å². The number of ether oxygens (including phenoxy) is 2. The third-order valence-electron chi connectivity index (χ3n) is 7.05. The van der Waals surface area contributed by atoms with Gasteiger partial charge in [0.15, 0.2) is 17.3 Å². The fourth-order valence-electron chi connectivity index (χ4n) is 5.04. The number of halogens is 1. The fraction of sp³-hybridized carbons (Fsp3) is 0.161. The number of aromatic nitrogens is 2. The average Bonchev–Trinajstić information content (AvgIpc) is 3.38. The lowest BCUT2D eigenvalue weighted by molar-refractivity contribution is -0.0249. The number of fused-ring (bicyclic) bond motifs is 1. The summed E-state index contributed by atoms with van der Waals surface area (Å²) in [6, 6.07) is 24.8. The van der Waals surface area contributed by atoms with Crippen molar-refractivity contribution in [2.75, 3.05) is 26.3 Å². The van der Waals surface area contributed by atoms with Crippen LogP contribution < -0.4 is 4.74 Å². The molecule has 0 aliphatic carbocycles. The molecule has 9 nitrogen and oxygen atoms in total. The molecule has 0 radical (unpaired) electrons. The number of hydrogen-bond donors (Lipinski definition) is 0. The Kier molecular flexibility index (Phi) is 8.42. The van der Waals surface area contributed by atoms with E-state index in [1.165, 1.54) is 14.3 Å². The molecule has 12 heteroatoms. The molecule has 3 aromatic carbocycles. The molecule has 6 rings (SSSR count). The first-order valence-corrected chi connectivity index (χ1v) is 16.3. The Morgan fingerprint density at radius 1 is 1.00 bits per heavy atom. The second-order valence-electron chi connectivity index (χ2n) is 9.79. The summed E-state index contributed by atoms with van der Waals surface area (Å²) in [5.41, 5.74) is 1.97. The highest BCUT2D eigenvalue weighted by Gasteiger charge is 2.37. The predicted molar refractivity (Wildman–Crippen MR) is 164 cm³/mol. The van der Waals surface area contributed by atoms with E-state index in [0.29, 0.717) is 22.4 Å². The first kappa shape index (κ1) is 29.2. The maximum absolute atomic E-state index is 14.2. The molecule has 0 spiro atoms. The zero-order valence-corrected chi connectivity index (χ0v) is 25.1. The zero-order chi connectivity index (χ0) is 30.0. The third-order valence-corrected chi connectivity index (χ3v) is 10.6. The van der Waals surface area contributed by atoms with Crippen LogP contribution in [0.1, 0.15) is 10.5 Å². The van der Waals surface area contributed by atoms with Crippen molar-refractivity contribution in [3.05, 3.63) is 108 Å². The van der Waals surface area contributed by atoms with E-state index < -0.39 is 27.1 Å². The van der Waals surface area contributed by atoms with Gasteiger partial charge in [0.1, 0.15) is 29.0 Å². The predicted octanol–water partition coefficient (Wildman–Crippen LogP) is 5.21. The van der Waals surface area contributed by atoms with Gasteiger partial charge in [-0.15, -0.1) is 0 Å². The summed E-state index contributed by atoms with van der Waals surface area (Å²) >= 11 is 6.28. The highest BCUT2D eigenvalue weighted by molar-refractivity contribution is 7.89. The fourth-order valence-corrected chi connectivity index (χ4v) is 8.30. The van der Waals surface area contributed by atoms with Crippen LogP contribution in [0.15, 0.2) is 107 Å². The van der Waals surface area contributed by atoms with Crippen molar-refractivity contribution in [3.63, 3.8) is 0 Å². The summed E-state index contributed by atoms with van der Waals surface area (Å²) in [4.78, 5) is 16.9. The van der Waals surface area contributed by atoms with Gasteiger partial charge in [0, 0.05) is 35.3 Å². The first-order chi connectivity index (χ1) is 20.9. The standard InChI is InChI=1S/C31H26ClN3O6S2/c32-24-11-12-29-28(16-24)31(30(20-36)35(29)42(37)27-9-5-2-6-10-27)43(38,39)34-13-14-40-26(19-34)21-41-25-15-23(17-33-18-25)22-7-3-1-4-8-22/h1-12,15-18,20,26H,13-14,19,21H2.